The smallest absolute Gasteiger partial charge is 0.251 e. The molecule has 0 saturated carbocycles. The van der Waals surface area contributed by atoms with E-state index in [1.165, 1.54) is 0 Å². The van der Waals surface area contributed by atoms with Gasteiger partial charge in [0.2, 0.25) is 0 Å². The molecule has 1 aromatic rings. The molecule has 1 N–H and O–H groups in total. The van der Waals surface area contributed by atoms with Crippen LogP contribution in [0.4, 0.5) is 5.69 Å². The first-order valence-electron chi connectivity index (χ1n) is 5.71. The number of rotatable bonds is 6. The number of hydrogen-bond acceptors (Lipinski definition) is 3. The number of nitrogens with zero attached hydrogens (tertiary/aromatic N) is 1. The molecule has 1 rings (SSSR count). The molecular weight excluding hydrogens is 296 g/mol. The van der Waals surface area contributed by atoms with Crippen molar-refractivity contribution >= 4 is 27.5 Å². The normalized spacial score (nSPS) is 12.0. The van der Waals surface area contributed by atoms with Crippen molar-refractivity contribution in [1.29, 1.82) is 0 Å². The van der Waals surface area contributed by atoms with E-state index in [2.05, 4.69) is 21.2 Å². The van der Waals surface area contributed by atoms with Gasteiger partial charge in [-0.15, -0.1) is 0 Å². The van der Waals surface area contributed by atoms with Gasteiger partial charge in [0, 0.05) is 37.8 Å². The van der Waals surface area contributed by atoms with E-state index in [-0.39, 0.29) is 11.9 Å². The minimum atomic E-state index is -0.0817. The third kappa shape index (κ3) is 4.31. The van der Waals surface area contributed by atoms with Crippen molar-refractivity contribution in [3.63, 3.8) is 0 Å². The molecule has 18 heavy (non-hydrogen) atoms. The Kier molecular flexibility index (Phi) is 6.15. The van der Waals surface area contributed by atoms with Crippen molar-refractivity contribution < 1.29 is 9.53 Å². The van der Waals surface area contributed by atoms with E-state index in [9.17, 15) is 4.79 Å². The lowest BCUT2D eigenvalue weighted by Gasteiger charge is -2.16. The third-order valence-corrected chi connectivity index (χ3v) is 3.32. The molecule has 0 spiro atoms. The van der Waals surface area contributed by atoms with Gasteiger partial charge in [-0.2, -0.15) is 0 Å². The van der Waals surface area contributed by atoms with E-state index < -0.39 is 0 Å². The summed E-state index contributed by atoms with van der Waals surface area (Å²) in [6.45, 7) is 0.493. The summed E-state index contributed by atoms with van der Waals surface area (Å²) in [5.41, 5.74) is 1.73. The summed E-state index contributed by atoms with van der Waals surface area (Å²) < 4.78 is 5.03. The van der Waals surface area contributed by atoms with Gasteiger partial charge in [0.25, 0.3) is 5.91 Å². The summed E-state index contributed by atoms with van der Waals surface area (Å²) in [6.07, 6.45) is 0. The fraction of sp³-hybridized carbons (Fsp3) is 0.462. The predicted octanol–water partition coefficient (Wildman–Crippen LogP) is 1.89. The van der Waals surface area contributed by atoms with Gasteiger partial charge in [-0.25, -0.2) is 0 Å². The Morgan fingerprint density at radius 1 is 1.39 bits per heavy atom. The first kappa shape index (κ1) is 15.0. The summed E-state index contributed by atoms with van der Waals surface area (Å²) in [5.74, 6) is -0.0817. The Bertz CT molecular complexity index is 379. The number of carbonyl (C=O) groups is 1. The molecule has 1 unspecified atom stereocenters. The molecule has 0 saturated heterocycles. The summed E-state index contributed by atoms with van der Waals surface area (Å²) in [6, 6.07) is 7.48. The molecule has 1 aromatic carbocycles. The molecule has 0 fully saturated rings. The topological polar surface area (TPSA) is 41.6 Å². The van der Waals surface area contributed by atoms with Crippen molar-refractivity contribution in [3.05, 3.63) is 29.8 Å². The number of methoxy groups -OCH3 is 1. The predicted molar refractivity (Wildman–Crippen MR) is 77.7 cm³/mol. The van der Waals surface area contributed by atoms with E-state index >= 15 is 0 Å². The number of halogens is 1. The highest BCUT2D eigenvalue weighted by Crippen LogP contribution is 2.12. The highest BCUT2D eigenvalue weighted by Gasteiger charge is 2.12. The molecule has 0 aliphatic heterocycles. The molecule has 1 amide bonds. The zero-order chi connectivity index (χ0) is 13.5. The molecule has 1 atom stereocenters. The fourth-order valence-corrected chi connectivity index (χ4v) is 1.85. The van der Waals surface area contributed by atoms with Crippen molar-refractivity contribution in [1.82, 2.24) is 5.32 Å². The first-order chi connectivity index (χ1) is 8.58. The molecule has 0 aliphatic rings. The van der Waals surface area contributed by atoms with Crippen molar-refractivity contribution in [3.8, 4) is 0 Å². The molecule has 0 aromatic heterocycles. The van der Waals surface area contributed by atoms with Crippen molar-refractivity contribution in [2.75, 3.05) is 38.0 Å². The molecule has 100 valence electrons. The summed E-state index contributed by atoms with van der Waals surface area (Å²) >= 11 is 3.35. The maximum atomic E-state index is 12.0. The Morgan fingerprint density at radius 2 is 2.00 bits per heavy atom. The van der Waals surface area contributed by atoms with Crippen LogP contribution in [0.5, 0.6) is 0 Å². The zero-order valence-corrected chi connectivity index (χ0v) is 12.5. The highest BCUT2D eigenvalue weighted by atomic mass is 79.9. The van der Waals surface area contributed by atoms with Crippen LogP contribution < -0.4 is 10.2 Å². The van der Waals surface area contributed by atoms with Crippen LogP contribution in [0.1, 0.15) is 10.4 Å². The Balaban J connectivity index is 2.66. The van der Waals surface area contributed by atoms with Gasteiger partial charge >= 0.3 is 0 Å². The lowest BCUT2D eigenvalue weighted by atomic mass is 10.2. The summed E-state index contributed by atoms with van der Waals surface area (Å²) in [4.78, 5) is 14.0. The summed E-state index contributed by atoms with van der Waals surface area (Å²) in [5, 5.41) is 3.58. The van der Waals surface area contributed by atoms with E-state index in [4.69, 9.17) is 4.74 Å². The number of ether oxygens (including phenoxy) is 1. The van der Waals surface area contributed by atoms with Gasteiger partial charge in [-0.3, -0.25) is 4.79 Å². The van der Waals surface area contributed by atoms with Crippen LogP contribution in [-0.4, -0.2) is 45.1 Å². The molecule has 0 radical (unpaired) electrons. The zero-order valence-electron chi connectivity index (χ0n) is 10.9. The third-order valence-electron chi connectivity index (χ3n) is 2.54. The van der Waals surface area contributed by atoms with Crippen molar-refractivity contribution in [2.45, 2.75) is 6.04 Å². The standard InChI is InChI=1S/C13H19BrN2O2/c1-16(2)12-6-4-10(5-7-12)13(17)15-11(8-14)9-18-3/h4-7,11H,8-9H2,1-3H3,(H,15,17). The Labute approximate surface area is 116 Å². The van der Waals surface area contributed by atoms with Gasteiger partial charge < -0.3 is 15.0 Å². The van der Waals surface area contributed by atoms with E-state index in [1.807, 2.05) is 43.3 Å². The minimum Gasteiger partial charge on any atom is -0.383 e. The SMILES string of the molecule is COCC(CBr)NC(=O)c1ccc(N(C)C)cc1. The largest absolute Gasteiger partial charge is 0.383 e. The fourth-order valence-electron chi connectivity index (χ4n) is 1.51. The molecule has 0 heterocycles. The molecule has 5 heteroatoms. The Hall–Kier alpha value is -1.07. The first-order valence-corrected chi connectivity index (χ1v) is 6.83. The average molecular weight is 315 g/mol. The molecule has 4 nitrogen and oxygen atoms in total. The second kappa shape index (κ2) is 7.38. The number of nitrogens with one attached hydrogen (secondary N) is 1. The van der Waals surface area contributed by atoms with Crippen LogP contribution in [0.2, 0.25) is 0 Å². The number of amides is 1. The van der Waals surface area contributed by atoms with Crippen LogP contribution in [0, 0.1) is 0 Å². The van der Waals surface area contributed by atoms with Crippen LogP contribution in [0.15, 0.2) is 24.3 Å². The quantitative estimate of drug-likeness (QED) is 0.815. The lowest BCUT2D eigenvalue weighted by molar-refractivity contribution is 0.0908. The number of alkyl halides is 1. The maximum Gasteiger partial charge on any atom is 0.251 e. The second-order valence-corrected chi connectivity index (χ2v) is 4.87. The number of anilines is 1. The van der Waals surface area contributed by atoms with Crippen LogP contribution in [-0.2, 0) is 4.74 Å². The van der Waals surface area contributed by atoms with E-state index in [0.717, 1.165) is 5.69 Å². The monoisotopic (exact) mass is 314 g/mol. The lowest BCUT2D eigenvalue weighted by Crippen LogP contribution is -2.39. The van der Waals surface area contributed by atoms with Crippen LogP contribution in [0.25, 0.3) is 0 Å². The maximum absolute atomic E-state index is 12.0. The average Bonchev–Trinajstić information content (AvgIpc) is 2.38. The van der Waals surface area contributed by atoms with Gasteiger partial charge in [-0.1, -0.05) is 15.9 Å². The number of benzene rings is 1. The number of carbonyl (C=O) groups excluding carboxylic acids is 1. The summed E-state index contributed by atoms with van der Waals surface area (Å²) in [7, 11) is 5.55. The number of hydrogen-bond donors (Lipinski definition) is 1. The molecular formula is C13H19BrN2O2. The van der Waals surface area contributed by atoms with Crippen molar-refractivity contribution in [2.24, 2.45) is 0 Å². The van der Waals surface area contributed by atoms with E-state index in [0.29, 0.717) is 17.5 Å². The van der Waals surface area contributed by atoms with Gasteiger partial charge in [-0.05, 0) is 24.3 Å². The van der Waals surface area contributed by atoms with Gasteiger partial charge in [0.15, 0.2) is 0 Å². The molecule has 0 bridgehead atoms. The Morgan fingerprint density at radius 3 is 2.44 bits per heavy atom. The van der Waals surface area contributed by atoms with Gasteiger partial charge in [0.1, 0.15) is 0 Å². The van der Waals surface area contributed by atoms with Crippen LogP contribution in [0.3, 0.4) is 0 Å². The van der Waals surface area contributed by atoms with Crippen LogP contribution >= 0.6 is 15.9 Å². The van der Waals surface area contributed by atoms with Gasteiger partial charge in [0.05, 0.1) is 12.6 Å². The van der Waals surface area contributed by atoms with E-state index in [1.54, 1.807) is 7.11 Å². The molecule has 0 aliphatic carbocycles. The second-order valence-electron chi connectivity index (χ2n) is 4.22. The minimum absolute atomic E-state index is 0.0176. The highest BCUT2D eigenvalue weighted by molar-refractivity contribution is 9.09.